The van der Waals surface area contributed by atoms with Crippen LogP contribution in [0, 0.1) is 6.92 Å². The normalized spacial score (nSPS) is 9.69. The van der Waals surface area contributed by atoms with E-state index >= 15 is 0 Å². The Balaban J connectivity index is 2.89. The third-order valence-corrected chi connectivity index (χ3v) is 1.84. The molecule has 70 valence electrons. The number of nitrogen functional groups attached to an aromatic ring is 1. The first-order chi connectivity index (χ1) is 6.15. The Bertz CT molecular complexity index is 321. The van der Waals surface area contributed by atoms with Crippen LogP contribution in [-0.2, 0) is 4.79 Å². The van der Waals surface area contributed by atoms with Crippen LogP contribution in [0.2, 0.25) is 0 Å². The van der Waals surface area contributed by atoms with Crippen LogP contribution in [0.15, 0.2) is 18.2 Å². The minimum Gasteiger partial charge on any atom is -0.426 e. The lowest BCUT2D eigenvalue weighted by atomic mass is 10.2. The summed E-state index contributed by atoms with van der Waals surface area (Å²) in [5.74, 6) is 0.306. The fraction of sp³-hybridized carbons (Fsp3) is 0.300. The molecule has 0 atom stereocenters. The van der Waals surface area contributed by atoms with Crippen LogP contribution in [0.5, 0.6) is 5.75 Å². The van der Waals surface area contributed by atoms with Crippen LogP contribution in [0.4, 0.5) is 5.69 Å². The number of nitrogens with two attached hydrogens (primary N) is 1. The highest BCUT2D eigenvalue weighted by atomic mass is 16.5. The Morgan fingerprint density at radius 3 is 2.85 bits per heavy atom. The monoisotopic (exact) mass is 179 g/mol. The van der Waals surface area contributed by atoms with Gasteiger partial charge in [-0.25, -0.2) is 0 Å². The van der Waals surface area contributed by atoms with Crippen LogP contribution < -0.4 is 10.5 Å². The second-order valence-electron chi connectivity index (χ2n) is 2.80. The maximum Gasteiger partial charge on any atom is 0.310 e. The van der Waals surface area contributed by atoms with Gasteiger partial charge in [0, 0.05) is 17.7 Å². The summed E-state index contributed by atoms with van der Waals surface area (Å²) in [4.78, 5) is 11.0. The highest BCUT2D eigenvalue weighted by Gasteiger charge is 2.05. The van der Waals surface area contributed by atoms with Crippen molar-refractivity contribution in [3.8, 4) is 5.75 Å². The van der Waals surface area contributed by atoms with Crippen molar-refractivity contribution in [2.24, 2.45) is 0 Å². The van der Waals surface area contributed by atoms with Gasteiger partial charge in [0.05, 0.1) is 0 Å². The molecule has 3 nitrogen and oxygen atoms in total. The Morgan fingerprint density at radius 2 is 2.23 bits per heavy atom. The van der Waals surface area contributed by atoms with Gasteiger partial charge < -0.3 is 10.5 Å². The predicted octanol–water partition coefficient (Wildman–Crippen LogP) is 1.89. The average Bonchev–Trinajstić information content (AvgIpc) is 2.13. The van der Waals surface area contributed by atoms with Crippen molar-refractivity contribution in [2.45, 2.75) is 20.3 Å². The number of rotatable bonds is 2. The molecular formula is C10H13NO2. The molecule has 0 fully saturated rings. The second kappa shape index (κ2) is 3.94. The number of hydrogen-bond acceptors (Lipinski definition) is 3. The van der Waals surface area contributed by atoms with Gasteiger partial charge in [-0.3, -0.25) is 4.79 Å². The topological polar surface area (TPSA) is 52.3 Å². The van der Waals surface area contributed by atoms with E-state index in [9.17, 15) is 4.79 Å². The lowest BCUT2D eigenvalue weighted by Crippen LogP contribution is -2.07. The van der Waals surface area contributed by atoms with E-state index in [4.69, 9.17) is 10.5 Å². The molecule has 1 aromatic rings. The van der Waals surface area contributed by atoms with E-state index in [1.54, 1.807) is 25.1 Å². The molecule has 0 amide bonds. The molecule has 0 aliphatic rings. The summed E-state index contributed by atoms with van der Waals surface area (Å²) in [6, 6.07) is 5.28. The second-order valence-corrected chi connectivity index (χ2v) is 2.80. The van der Waals surface area contributed by atoms with Crippen molar-refractivity contribution in [1.82, 2.24) is 0 Å². The summed E-state index contributed by atoms with van der Waals surface area (Å²) in [5, 5.41) is 0. The SMILES string of the molecule is CCC(=O)Oc1cccc(N)c1C. The first-order valence-corrected chi connectivity index (χ1v) is 4.21. The third-order valence-electron chi connectivity index (χ3n) is 1.84. The highest BCUT2D eigenvalue weighted by molar-refractivity contribution is 5.73. The molecule has 1 rings (SSSR count). The van der Waals surface area contributed by atoms with Crippen LogP contribution in [0.1, 0.15) is 18.9 Å². The Hall–Kier alpha value is -1.51. The fourth-order valence-corrected chi connectivity index (χ4v) is 0.937. The van der Waals surface area contributed by atoms with E-state index in [0.29, 0.717) is 17.9 Å². The third kappa shape index (κ3) is 2.21. The largest absolute Gasteiger partial charge is 0.426 e. The molecule has 0 saturated carbocycles. The number of ether oxygens (including phenoxy) is 1. The smallest absolute Gasteiger partial charge is 0.310 e. The number of anilines is 1. The maximum atomic E-state index is 11.0. The van der Waals surface area contributed by atoms with Gasteiger partial charge in [0.2, 0.25) is 0 Å². The van der Waals surface area contributed by atoms with Gasteiger partial charge in [-0.1, -0.05) is 13.0 Å². The van der Waals surface area contributed by atoms with Crippen LogP contribution in [0.25, 0.3) is 0 Å². The van der Waals surface area contributed by atoms with E-state index < -0.39 is 0 Å². The number of hydrogen-bond donors (Lipinski definition) is 1. The van der Waals surface area contributed by atoms with Crippen LogP contribution in [-0.4, -0.2) is 5.97 Å². The fourth-order valence-electron chi connectivity index (χ4n) is 0.937. The van der Waals surface area contributed by atoms with Crippen molar-refractivity contribution in [3.05, 3.63) is 23.8 Å². The molecule has 0 saturated heterocycles. The highest BCUT2D eigenvalue weighted by Crippen LogP contribution is 2.22. The molecule has 0 radical (unpaired) electrons. The zero-order valence-corrected chi connectivity index (χ0v) is 7.83. The van der Waals surface area contributed by atoms with Crippen molar-refractivity contribution in [3.63, 3.8) is 0 Å². The predicted molar refractivity (Wildman–Crippen MR) is 51.5 cm³/mol. The van der Waals surface area contributed by atoms with E-state index in [2.05, 4.69) is 0 Å². The minimum atomic E-state index is -0.242. The molecule has 0 bridgehead atoms. The Labute approximate surface area is 77.5 Å². The number of carbonyl (C=O) groups excluding carboxylic acids is 1. The lowest BCUT2D eigenvalue weighted by molar-refractivity contribution is -0.134. The maximum absolute atomic E-state index is 11.0. The Morgan fingerprint density at radius 1 is 1.54 bits per heavy atom. The average molecular weight is 179 g/mol. The molecule has 3 heteroatoms. The molecule has 13 heavy (non-hydrogen) atoms. The molecule has 2 N–H and O–H groups in total. The first kappa shape index (κ1) is 9.58. The standard InChI is InChI=1S/C10H13NO2/c1-3-10(12)13-9-6-4-5-8(11)7(9)2/h4-6H,3,11H2,1-2H3. The number of carbonyl (C=O) groups is 1. The summed E-state index contributed by atoms with van der Waals surface area (Å²) in [6.07, 6.45) is 0.369. The summed E-state index contributed by atoms with van der Waals surface area (Å²) < 4.78 is 5.06. The summed E-state index contributed by atoms with van der Waals surface area (Å²) in [6.45, 7) is 3.58. The lowest BCUT2D eigenvalue weighted by Gasteiger charge is -2.07. The minimum absolute atomic E-state index is 0.242. The van der Waals surface area contributed by atoms with Gasteiger partial charge >= 0.3 is 5.97 Å². The zero-order valence-electron chi connectivity index (χ0n) is 7.83. The molecule has 0 aliphatic heterocycles. The van der Waals surface area contributed by atoms with E-state index in [0.717, 1.165) is 5.56 Å². The van der Waals surface area contributed by atoms with E-state index in [1.165, 1.54) is 0 Å². The van der Waals surface area contributed by atoms with Crippen molar-refractivity contribution >= 4 is 11.7 Å². The molecule has 0 spiro atoms. The van der Waals surface area contributed by atoms with Crippen LogP contribution >= 0.6 is 0 Å². The van der Waals surface area contributed by atoms with Crippen molar-refractivity contribution in [2.75, 3.05) is 5.73 Å². The van der Waals surface area contributed by atoms with Gasteiger partial charge in [-0.2, -0.15) is 0 Å². The van der Waals surface area contributed by atoms with E-state index in [-0.39, 0.29) is 5.97 Å². The van der Waals surface area contributed by atoms with Crippen molar-refractivity contribution < 1.29 is 9.53 Å². The zero-order chi connectivity index (χ0) is 9.84. The molecule has 0 aliphatic carbocycles. The van der Waals surface area contributed by atoms with Gasteiger partial charge in [0.1, 0.15) is 5.75 Å². The molecule has 0 heterocycles. The first-order valence-electron chi connectivity index (χ1n) is 4.21. The molecule has 0 aromatic heterocycles. The summed E-state index contributed by atoms with van der Waals surface area (Å²) in [7, 11) is 0. The number of benzene rings is 1. The summed E-state index contributed by atoms with van der Waals surface area (Å²) in [5.41, 5.74) is 7.10. The van der Waals surface area contributed by atoms with Gasteiger partial charge in [0.15, 0.2) is 0 Å². The van der Waals surface area contributed by atoms with E-state index in [1.807, 2.05) is 6.92 Å². The molecular weight excluding hydrogens is 166 g/mol. The van der Waals surface area contributed by atoms with Gasteiger partial charge in [-0.15, -0.1) is 0 Å². The van der Waals surface area contributed by atoms with Gasteiger partial charge in [-0.05, 0) is 19.1 Å². The van der Waals surface area contributed by atoms with Gasteiger partial charge in [0.25, 0.3) is 0 Å². The Kier molecular flexibility index (Phi) is 2.90. The number of esters is 1. The van der Waals surface area contributed by atoms with Crippen LogP contribution in [0.3, 0.4) is 0 Å². The summed E-state index contributed by atoms with van der Waals surface area (Å²) >= 11 is 0. The molecule has 0 unspecified atom stereocenters. The quantitative estimate of drug-likeness (QED) is 0.428. The molecule has 1 aromatic carbocycles. The van der Waals surface area contributed by atoms with Crippen molar-refractivity contribution in [1.29, 1.82) is 0 Å².